The molecule has 1 aromatic carbocycles. The average Bonchev–Trinajstić information content (AvgIpc) is 3.31. The van der Waals surface area contributed by atoms with Crippen molar-refractivity contribution in [1.29, 1.82) is 0 Å². The number of amides is 1. The number of furan rings is 1. The van der Waals surface area contributed by atoms with Crippen molar-refractivity contribution >= 4 is 60.3 Å². The van der Waals surface area contributed by atoms with Crippen LogP contribution in [0, 0.1) is 0 Å². The van der Waals surface area contributed by atoms with E-state index in [1.54, 1.807) is 10.6 Å². The molecule has 3 heterocycles. The van der Waals surface area contributed by atoms with E-state index in [-0.39, 0.29) is 11.7 Å². The number of thioether (sulfide) groups is 1. The molecule has 0 aliphatic rings. The van der Waals surface area contributed by atoms with E-state index < -0.39 is 0 Å². The van der Waals surface area contributed by atoms with Gasteiger partial charge in [0.2, 0.25) is 5.91 Å². The summed E-state index contributed by atoms with van der Waals surface area (Å²) in [6.07, 6.45) is 0. The van der Waals surface area contributed by atoms with E-state index in [1.165, 1.54) is 23.1 Å². The van der Waals surface area contributed by atoms with Gasteiger partial charge in [-0.3, -0.25) is 4.79 Å². The Morgan fingerprint density at radius 2 is 2.15 bits per heavy atom. The van der Waals surface area contributed by atoms with Crippen LogP contribution in [0.25, 0.3) is 21.8 Å². The van der Waals surface area contributed by atoms with Crippen LogP contribution in [0.3, 0.4) is 0 Å². The van der Waals surface area contributed by atoms with Gasteiger partial charge in [0.15, 0.2) is 26.5 Å². The minimum atomic E-state index is -0.139. The molecule has 0 aliphatic heterocycles. The van der Waals surface area contributed by atoms with Gasteiger partial charge in [0, 0.05) is 7.05 Å². The number of benzene rings is 1. The van der Waals surface area contributed by atoms with E-state index in [0.717, 1.165) is 10.2 Å². The molecule has 3 aromatic heterocycles. The molecule has 0 spiro atoms. The van der Waals surface area contributed by atoms with Crippen LogP contribution in [0.5, 0.6) is 0 Å². The Labute approximate surface area is 165 Å². The summed E-state index contributed by atoms with van der Waals surface area (Å²) in [5.74, 6) is 1.28. The zero-order valence-electron chi connectivity index (χ0n) is 13.5. The zero-order chi connectivity index (χ0) is 18.1. The number of hydrogen-bond donors (Lipinski definition) is 1. The first-order valence-electron chi connectivity index (χ1n) is 7.53. The van der Waals surface area contributed by atoms with Gasteiger partial charge in [-0.2, -0.15) is 0 Å². The maximum absolute atomic E-state index is 12.2. The molecule has 1 N–H and O–H groups in total. The molecule has 0 atom stereocenters. The highest BCUT2D eigenvalue weighted by molar-refractivity contribution is 9.10. The Morgan fingerprint density at radius 3 is 2.92 bits per heavy atom. The van der Waals surface area contributed by atoms with Crippen molar-refractivity contribution in [2.24, 2.45) is 7.05 Å². The molecule has 0 radical (unpaired) electrons. The maximum atomic E-state index is 12.2. The number of thiazole rings is 1. The number of rotatable bonds is 5. The first-order valence-corrected chi connectivity index (χ1v) is 10.1. The van der Waals surface area contributed by atoms with Crippen molar-refractivity contribution < 1.29 is 9.21 Å². The van der Waals surface area contributed by atoms with Gasteiger partial charge in [-0.25, -0.2) is 4.98 Å². The number of para-hydroxylation sites is 1. The molecule has 0 fully saturated rings. The van der Waals surface area contributed by atoms with Crippen molar-refractivity contribution in [3.05, 3.63) is 41.1 Å². The van der Waals surface area contributed by atoms with E-state index in [4.69, 9.17) is 4.42 Å². The van der Waals surface area contributed by atoms with Crippen LogP contribution in [0.15, 0.2) is 50.6 Å². The third-order valence-corrected chi connectivity index (χ3v) is 5.90. The number of carbonyl (C=O) groups is 1. The fraction of sp³-hybridized carbons (Fsp3) is 0.125. The Hall–Kier alpha value is -2.17. The number of fused-ring (bicyclic) bond motifs is 1. The summed E-state index contributed by atoms with van der Waals surface area (Å²) in [7, 11) is 1.83. The Balaban J connectivity index is 1.41. The average molecular weight is 450 g/mol. The highest BCUT2D eigenvalue weighted by Gasteiger charge is 2.16. The molecule has 0 unspecified atom stereocenters. The molecule has 132 valence electrons. The summed E-state index contributed by atoms with van der Waals surface area (Å²) >= 11 is 6.02. The predicted octanol–water partition coefficient (Wildman–Crippen LogP) is 4.18. The van der Waals surface area contributed by atoms with Gasteiger partial charge in [-0.1, -0.05) is 35.2 Å². The van der Waals surface area contributed by atoms with Gasteiger partial charge < -0.3 is 14.3 Å². The lowest BCUT2D eigenvalue weighted by atomic mass is 10.3. The summed E-state index contributed by atoms with van der Waals surface area (Å²) in [5, 5.41) is 12.3. The number of aromatic nitrogens is 4. The normalized spacial score (nSPS) is 11.2. The van der Waals surface area contributed by atoms with Gasteiger partial charge in [0.25, 0.3) is 0 Å². The van der Waals surface area contributed by atoms with Crippen molar-refractivity contribution in [3.63, 3.8) is 0 Å². The molecule has 0 aliphatic carbocycles. The van der Waals surface area contributed by atoms with Crippen LogP contribution < -0.4 is 5.32 Å². The zero-order valence-corrected chi connectivity index (χ0v) is 16.7. The summed E-state index contributed by atoms with van der Waals surface area (Å²) < 4.78 is 8.95. The van der Waals surface area contributed by atoms with Crippen molar-refractivity contribution in [3.8, 4) is 11.6 Å². The highest BCUT2D eigenvalue weighted by Crippen LogP contribution is 2.27. The standard InChI is InChI=1S/C16H12BrN5O2S2/c1-22-14(10-6-7-12(17)24-10)20-21-16(22)25-8-13(23)19-15-18-9-4-2-3-5-11(9)26-15/h2-7H,8H2,1H3,(H,18,19,23). The van der Waals surface area contributed by atoms with E-state index in [0.29, 0.717) is 26.5 Å². The summed E-state index contributed by atoms with van der Waals surface area (Å²) in [6, 6.07) is 11.4. The van der Waals surface area contributed by atoms with E-state index in [1.807, 2.05) is 37.4 Å². The number of nitrogens with zero attached hydrogens (tertiary/aromatic N) is 4. The Bertz CT molecular complexity index is 1050. The van der Waals surface area contributed by atoms with Crippen LogP contribution in [-0.2, 0) is 11.8 Å². The molecule has 4 aromatic rings. The summed E-state index contributed by atoms with van der Waals surface area (Å²) in [6.45, 7) is 0. The lowest BCUT2D eigenvalue weighted by Gasteiger charge is -2.02. The van der Waals surface area contributed by atoms with Crippen molar-refractivity contribution in [2.75, 3.05) is 11.1 Å². The summed E-state index contributed by atoms with van der Waals surface area (Å²) in [5.41, 5.74) is 0.878. The van der Waals surface area contributed by atoms with Gasteiger partial charge in [0.1, 0.15) is 0 Å². The lowest BCUT2D eigenvalue weighted by molar-refractivity contribution is -0.113. The second-order valence-electron chi connectivity index (χ2n) is 5.29. The molecular formula is C16H12BrN5O2S2. The Kier molecular flexibility index (Phi) is 4.79. The number of anilines is 1. The number of hydrogen-bond acceptors (Lipinski definition) is 7. The molecule has 4 rings (SSSR count). The molecule has 26 heavy (non-hydrogen) atoms. The van der Waals surface area contributed by atoms with Crippen LogP contribution >= 0.6 is 39.0 Å². The molecule has 1 amide bonds. The fourth-order valence-corrected chi connectivity index (χ4v) is 4.20. The number of nitrogens with one attached hydrogen (secondary N) is 1. The lowest BCUT2D eigenvalue weighted by Crippen LogP contribution is -2.14. The topological polar surface area (TPSA) is 85.8 Å². The van der Waals surface area contributed by atoms with E-state index in [9.17, 15) is 4.79 Å². The monoisotopic (exact) mass is 449 g/mol. The maximum Gasteiger partial charge on any atom is 0.236 e. The SMILES string of the molecule is Cn1c(SCC(=O)Nc2nc3ccccc3s2)nnc1-c1ccc(Br)o1. The minimum Gasteiger partial charge on any atom is -0.446 e. The first kappa shape index (κ1) is 17.3. The van der Waals surface area contributed by atoms with E-state index >= 15 is 0 Å². The van der Waals surface area contributed by atoms with Crippen LogP contribution in [-0.4, -0.2) is 31.4 Å². The fourth-order valence-electron chi connectivity index (χ4n) is 2.30. The molecule has 0 bridgehead atoms. The second kappa shape index (κ2) is 7.22. The summed E-state index contributed by atoms with van der Waals surface area (Å²) in [4.78, 5) is 16.6. The van der Waals surface area contributed by atoms with Crippen molar-refractivity contribution in [1.82, 2.24) is 19.7 Å². The molecular weight excluding hydrogens is 438 g/mol. The third kappa shape index (κ3) is 3.53. The smallest absolute Gasteiger partial charge is 0.236 e. The minimum absolute atomic E-state index is 0.139. The van der Waals surface area contributed by atoms with E-state index in [2.05, 4.69) is 36.4 Å². The first-order chi connectivity index (χ1) is 12.6. The number of halogens is 1. The molecule has 7 nitrogen and oxygen atoms in total. The predicted molar refractivity (Wildman–Crippen MR) is 105 cm³/mol. The third-order valence-electron chi connectivity index (χ3n) is 3.50. The van der Waals surface area contributed by atoms with Gasteiger partial charge >= 0.3 is 0 Å². The highest BCUT2D eigenvalue weighted by atomic mass is 79.9. The molecule has 0 saturated heterocycles. The van der Waals surface area contributed by atoms with Crippen LogP contribution in [0.2, 0.25) is 0 Å². The second-order valence-corrected chi connectivity index (χ2v) is 8.05. The van der Waals surface area contributed by atoms with Gasteiger partial charge in [-0.15, -0.1) is 10.2 Å². The van der Waals surface area contributed by atoms with Gasteiger partial charge in [0.05, 0.1) is 16.0 Å². The number of carbonyl (C=O) groups excluding carboxylic acids is 1. The van der Waals surface area contributed by atoms with Crippen LogP contribution in [0.4, 0.5) is 5.13 Å². The quantitative estimate of drug-likeness (QED) is 0.460. The largest absolute Gasteiger partial charge is 0.446 e. The molecule has 0 saturated carbocycles. The van der Waals surface area contributed by atoms with Crippen LogP contribution in [0.1, 0.15) is 0 Å². The van der Waals surface area contributed by atoms with Gasteiger partial charge in [-0.05, 0) is 40.2 Å². The molecule has 10 heteroatoms. The Morgan fingerprint density at radius 1 is 1.31 bits per heavy atom. The van der Waals surface area contributed by atoms with Crippen molar-refractivity contribution in [2.45, 2.75) is 5.16 Å².